The van der Waals surface area contributed by atoms with E-state index in [1.54, 1.807) is 0 Å². The first-order valence-electron chi connectivity index (χ1n) is 7.40. The number of aryl methyl sites for hydroxylation is 1. The van der Waals surface area contributed by atoms with Crippen molar-refractivity contribution in [3.63, 3.8) is 0 Å². The van der Waals surface area contributed by atoms with Crippen molar-refractivity contribution in [2.45, 2.75) is 16.6 Å². The van der Waals surface area contributed by atoms with Crippen molar-refractivity contribution in [3.05, 3.63) is 36.2 Å². The molecule has 12 heteroatoms. The normalized spacial score (nSPS) is 15.6. The van der Waals surface area contributed by atoms with Gasteiger partial charge in [-0.25, -0.2) is 13.2 Å². The fourth-order valence-corrected chi connectivity index (χ4v) is 4.17. The summed E-state index contributed by atoms with van der Waals surface area (Å²) in [7, 11) is -2.30. The zero-order chi connectivity index (χ0) is 19.1. The third-order valence-corrected chi connectivity index (χ3v) is 6.03. The Kier molecular flexibility index (Phi) is 4.38. The van der Waals surface area contributed by atoms with E-state index in [1.165, 1.54) is 30.1 Å². The van der Waals surface area contributed by atoms with Crippen molar-refractivity contribution in [1.29, 1.82) is 0 Å². The number of nitrogens with one attached hydrogen (secondary N) is 1. The van der Waals surface area contributed by atoms with Crippen LogP contribution in [0.25, 0.3) is 0 Å². The van der Waals surface area contributed by atoms with Gasteiger partial charge >= 0.3 is 12.2 Å². The molecule has 0 radical (unpaired) electrons. The quantitative estimate of drug-likeness (QED) is 0.859. The average molecular weight is 389 g/mol. The lowest BCUT2D eigenvalue weighted by atomic mass is 10.1. The van der Waals surface area contributed by atoms with Crippen LogP contribution in [0.1, 0.15) is 5.56 Å². The minimum Gasteiger partial charge on any atom is -0.322 e. The number of rotatable bonds is 3. The zero-order valence-electron chi connectivity index (χ0n) is 13.4. The van der Waals surface area contributed by atoms with Crippen molar-refractivity contribution in [2.75, 3.05) is 18.4 Å². The van der Waals surface area contributed by atoms with E-state index >= 15 is 0 Å². The number of carbonyl (C=O) groups excluding carboxylic acids is 1. The van der Waals surface area contributed by atoms with Crippen LogP contribution in [0.15, 0.2) is 35.7 Å². The molecule has 0 atom stereocenters. The van der Waals surface area contributed by atoms with Gasteiger partial charge in [-0.3, -0.25) is 0 Å². The number of hydrogen-bond donors (Lipinski definition) is 1. The van der Waals surface area contributed by atoms with Crippen LogP contribution >= 0.6 is 0 Å². The van der Waals surface area contributed by atoms with Crippen LogP contribution in [0.2, 0.25) is 0 Å². The van der Waals surface area contributed by atoms with Crippen molar-refractivity contribution < 1.29 is 26.4 Å². The number of sulfone groups is 1. The maximum Gasteiger partial charge on any atom is 0.418 e. The lowest BCUT2D eigenvalue weighted by Gasteiger charge is -2.38. The number of hydrogen-bond acceptors (Lipinski definition) is 5. The van der Waals surface area contributed by atoms with Crippen LogP contribution in [0.3, 0.4) is 0 Å². The second-order valence-corrected chi connectivity index (χ2v) is 7.89. The summed E-state index contributed by atoms with van der Waals surface area (Å²) < 4.78 is 64.9. The fourth-order valence-electron chi connectivity index (χ4n) is 2.51. The lowest BCUT2D eigenvalue weighted by Crippen LogP contribution is -2.58. The summed E-state index contributed by atoms with van der Waals surface area (Å²) in [6.07, 6.45) is -3.38. The van der Waals surface area contributed by atoms with Gasteiger partial charge in [-0.05, 0) is 12.1 Å². The Bertz CT molecular complexity index is 935. The summed E-state index contributed by atoms with van der Waals surface area (Å²) in [4.78, 5) is 13.2. The molecule has 0 aliphatic carbocycles. The third-order valence-electron chi connectivity index (χ3n) is 3.97. The molecule has 3 rings (SSSR count). The molecule has 140 valence electrons. The zero-order valence-corrected chi connectivity index (χ0v) is 14.3. The largest absolute Gasteiger partial charge is 0.418 e. The molecule has 0 saturated carbocycles. The number of nitrogens with zero attached hydrogens (tertiary/aromatic N) is 4. The van der Waals surface area contributed by atoms with Crippen molar-refractivity contribution in [2.24, 2.45) is 7.05 Å². The molecule has 2 heterocycles. The van der Waals surface area contributed by atoms with Gasteiger partial charge in [-0.2, -0.15) is 13.2 Å². The van der Waals surface area contributed by atoms with Gasteiger partial charge < -0.3 is 14.8 Å². The first-order chi connectivity index (χ1) is 12.1. The summed E-state index contributed by atoms with van der Waals surface area (Å²) in [5, 5.41) is 8.13. The minimum atomic E-state index is -4.62. The Labute approximate surface area is 146 Å². The maximum atomic E-state index is 12.9. The summed E-state index contributed by atoms with van der Waals surface area (Å²) in [5.41, 5.74) is -1.36. The van der Waals surface area contributed by atoms with Gasteiger partial charge in [0, 0.05) is 20.1 Å². The van der Waals surface area contributed by atoms with Crippen LogP contribution in [0.4, 0.5) is 23.7 Å². The van der Waals surface area contributed by atoms with Crippen molar-refractivity contribution in [1.82, 2.24) is 19.7 Å². The summed E-state index contributed by atoms with van der Waals surface area (Å²) in [6.45, 7) is -0.287. The summed E-state index contributed by atoms with van der Waals surface area (Å²) >= 11 is 0. The molecule has 0 bridgehead atoms. The standard InChI is InChI=1S/C14H14F3N5O3S/c1-21-8-18-20-13(21)26(24,25)9-6-22(7-9)12(23)19-11-5-3-2-4-10(11)14(15,16)17/h2-5,8-9H,6-7H2,1H3,(H,19,23). The molecule has 1 aliphatic rings. The number of amides is 2. The van der Waals surface area contributed by atoms with Crippen LogP contribution in [-0.2, 0) is 23.1 Å². The first-order valence-corrected chi connectivity index (χ1v) is 8.95. The molecule has 1 saturated heterocycles. The van der Waals surface area contributed by atoms with Gasteiger partial charge in [0.15, 0.2) is 0 Å². The Morgan fingerprint density at radius 1 is 1.27 bits per heavy atom. The average Bonchev–Trinajstić information content (AvgIpc) is 2.91. The van der Waals surface area contributed by atoms with Gasteiger partial charge in [0.2, 0.25) is 15.0 Å². The Morgan fingerprint density at radius 2 is 1.92 bits per heavy atom. The number of anilines is 1. The number of aromatic nitrogens is 3. The molecular weight excluding hydrogens is 375 g/mol. The predicted molar refractivity (Wildman–Crippen MR) is 84.0 cm³/mol. The third kappa shape index (κ3) is 3.23. The molecule has 1 aliphatic heterocycles. The molecule has 8 nitrogen and oxygen atoms in total. The number of likely N-dealkylation sites (tertiary alicyclic amines) is 1. The van der Waals surface area contributed by atoms with Crippen molar-refractivity contribution in [3.8, 4) is 0 Å². The maximum absolute atomic E-state index is 12.9. The SMILES string of the molecule is Cn1cnnc1S(=O)(=O)C1CN(C(=O)Nc2ccccc2C(F)(F)F)C1. The van der Waals surface area contributed by atoms with Gasteiger partial charge in [0.25, 0.3) is 0 Å². The minimum absolute atomic E-state index is 0.144. The Morgan fingerprint density at radius 3 is 2.50 bits per heavy atom. The molecule has 26 heavy (non-hydrogen) atoms. The second-order valence-electron chi connectivity index (χ2n) is 5.77. The monoisotopic (exact) mass is 389 g/mol. The lowest BCUT2D eigenvalue weighted by molar-refractivity contribution is -0.136. The molecule has 0 spiro atoms. The van der Waals surface area contributed by atoms with Crippen molar-refractivity contribution >= 4 is 21.6 Å². The smallest absolute Gasteiger partial charge is 0.322 e. The van der Waals surface area contributed by atoms with E-state index < -0.39 is 32.9 Å². The molecule has 0 unspecified atom stereocenters. The van der Waals surface area contributed by atoms with Crippen LogP contribution in [0, 0.1) is 0 Å². The predicted octanol–water partition coefficient (Wildman–Crippen LogP) is 1.52. The van der Waals surface area contributed by atoms with Crippen LogP contribution < -0.4 is 5.32 Å². The highest BCUT2D eigenvalue weighted by molar-refractivity contribution is 7.92. The van der Waals surface area contributed by atoms with E-state index in [9.17, 15) is 26.4 Å². The van der Waals surface area contributed by atoms with Crippen LogP contribution in [0.5, 0.6) is 0 Å². The molecular formula is C14H14F3N5O3S. The van der Waals surface area contributed by atoms with E-state index in [1.807, 2.05) is 0 Å². The second kappa shape index (κ2) is 6.27. The Hall–Kier alpha value is -2.63. The van der Waals surface area contributed by atoms with Gasteiger partial charge in [0.05, 0.1) is 11.3 Å². The van der Waals surface area contributed by atoms with E-state index in [0.29, 0.717) is 0 Å². The number of urea groups is 1. The van der Waals surface area contributed by atoms with Crippen LogP contribution in [-0.4, -0.2) is 52.5 Å². The number of para-hydroxylation sites is 1. The van der Waals surface area contributed by atoms with E-state index in [2.05, 4.69) is 15.5 Å². The first kappa shape index (κ1) is 18.2. The molecule has 1 N–H and O–H groups in total. The number of benzene rings is 1. The number of carbonyl (C=O) groups is 1. The van der Waals surface area contributed by atoms with E-state index in [-0.39, 0.29) is 23.9 Å². The summed E-state index contributed by atoms with van der Waals surface area (Å²) in [6, 6.07) is 3.76. The highest BCUT2D eigenvalue weighted by Crippen LogP contribution is 2.35. The van der Waals surface area contributed by atoms with E-state index in [4.69, 9.17) is 0 Å². The number of halogens is 3. The summed E-state index contributed by atoms with van der Waals surface area (Å²) in [5.74, 6) is 0. The molecule has 1 aromatic heterocycles. The topological polar surface area (TPSA) is 97.2 Å². The van der Waals surface area contributed by atoms with E-state index in [0.717, 1.165) is 17.0 Å². The number of alkyl halides is 3. The highest BCUT2D eigenvalue weighted by atomic mass is 32.2. The van der Waals surface area contributed by atoms with Gasteiger partial charge in [-0.15, -0.1) is 10.2 Å². The highest BCUT2D eigenvalue weighted by Gasteiger charge is 2.43. The fraction of sp³-hybridized carbons (Fsp3) is 0.357. The molecule has 1 fully saturated rings. The van der Waals surface area contributed by atoms with Gasteiger partial charge in [-0.1, -0.05) is 12.1 Å². The molecule has 2 amide bonds. The Balaban J connectivity index is 1.68. The van der Waals surface area contributed by atoms with Gasteiger partial charge in [0.1, 0.15) is 11.6 Å². The molecule has 1 aromatic carbocycles. The molecule has 2 aromatic rings.